The summed E-state index contributed by atoms with van der Waals surface area (Å²) in [5.74, 6) is 2.61. The van der Waals surface area contributed by atoms with Crippen LogP contribution in [0.2, 0.25) is 0 Å². The molecule has 1 nitrogen and oxygen atoms in total. The molecule has 0 atom stereocenters. The van der Waals surface area contributed by atoms with Crippen LogP contribution in [0.1, 0.15) is 0 Å². The number of thioether (sulfide) groups is 1. The fraction of sp³-hybridized carbons (Fsp3) is 1.00. The van der Waals surface area contributed by atoms with E-state index in [-0.39, 0.29) is 14.1 Å². The van der Waals surface area contributed by atoms with E-state index in [0.717, 1.165) is 0 Å². The molecule has 1 N–H and O–H groups in total. The quantitative estimate of drug-likeness (QED) is 0.566. The minimum absolute atomic E-state index is 0. The number of halogens is 3. The third-order valence-electron chi connectivity index (χ3n) is 0.846. The van der Waals surface area contributed by atoms with Gasteiger partial charge in [0.2, 0.25) is 0 Å². The van der Waals surface area contributed by atoms with E-state index in [1.165, 1.54) is 24.6 Å². The normalized spacial score (nSPS) is 16.0. The highest BCUT2D eigenvalue weighted by Crippen LogP contribution is 1.99. The van der Waals surface area contributed by atoms with Gasteiger partial charge in [-0.25, -0.2) is 0 Å². The van der Waals surface area contributed by atoms with Crippen molar-refractivity contribution in [3.8, 4) is 0 Å². The van der Waals surface area contributed by atoms with E-state index in [2.05, 4.69) is 5.32 Å². The van der Waals surface area contributed by atoms with Crippen molar-refractivity contribution in [1.29, 1.82) is 0 Å². The van der Waals surface area contributed by atoms with Crippen LogP contribution in [0.5, 0.6) is 0 Å². The van der Waals surface area contributed by atoms with E-state index in [9.17, 15) is 0 Å². The Morgan fingerprint density at radius 1 is 0.889 bits per heavy atom. The molecule has 0 amide bonds. The largest absolute Gasteiger partial charge is 0.315 e. The first kappa shape index (κ1) is 16.0. The van der Waals surface area contributed by atoms with Crippen molar-refractivity contribution in [2.24, 2.45) is 0 Å². The first-order chi connectivity index (χ1) is 3.00. The summed E-state index contributed by atoms with van der Waals surface area (Å²) in [6.45, 7) is 2.43. The van der Waals surface area contributed by atoms with Gasteiger partial charge in [0, 0.05) is 24.6 Å². The molecule has 0 radical (unpaired) electrons. The molecule has 1 heterocycles. The van der Waals surface area contributed by atoms with E-state index in [4.69, 9.17) is 0 Å². The summed E-state index contributed by atoms with van der Waals surface area (Å²) in [7, 11) is 0. The van der Waals surface area contributed by atoms with Gasteiger partial charge in [0.25, 0.3) is 0 Å². The molecular weight excluding hydrogens is 151 g/mol. The number of rotatable bonds is 0. The maximum Gasteiger partial charge on any atom is 0.00585 e. The Morgan fingerprint density at radius 3 is 1.44 bits per heavy atom. The summed E-state index contributed by atoms with van der Waals surface area (Å²) in [6, 6.07) is 0. The van der Waals surface area contributed by atoms with Crippen LogP contribution in [0, 0.1) is 0 Å². The van der Waals surface area contributed by atoms with Gasteiger partial charge in [-0.15, -0.1) is 0 Å². The summed E-state index contributed by atoms with van der Waals surface area (Å²) in [4.78, 5) is 0. The molecular formula is C4H12F3NS. The standard InChI is InChI=1S/C4H9NS.3FH/c1-3-6-4-2-5-1;;;/h5H,1-4H2;3*1H. The molecule has 1 aliphatic heterocycles. The number of hydrogen-bond acceptors (Lipinski definition) is 2. The van der Waals surface area contributed by atoms with Gasteiger partial charge in [0.15, 0.2) is 0 Å². The van der Waals surface area contributed by atoms with E-state index in [0.29, 0.717) is 0 Å². The van der Waals surface area contributed by atoms with Crippen molar-refractivity contribution < 1.29 is 14.1 Å². The molecule has 0 aliphatic carbocycles. The van der Waals surface area contributed by atoms with Crippen molar-refractivity contribution in [1.82, 2.24) is 5.32 Å². The monoisotopic (exact) mass is 163 g/mol. The molecule has 0 saturated carbocycles. The molecule has 0 aromatic heterocycles. The third-order valence-corrected chi connectivity index (χ3v) is 1.83. The maximum absolute atomic E-state index is 3.26. The van der Waals surface area contributed by atoms with Crippen LogP contribution < -0.4 is 5.32 Å². The predicted octanol–water partition coefficient (Wildman–Crippen LogP) is 0.780. The molecule has 1 fully saturated rings. The Hall–Kier alpha value is 0.100. The molecule has 1 aliphatic rings. The lowest BCUT2D eigenvalue weighted by Gasteiger charge is -2.08. The Labute approximate surface area is 56.7 Å². The van der Waals surface area contributed by atoms with Crippen LogP contribution in [0.15, 0.2) is 0 Å². The second-order valence-electron chi connectivity index (χ2n) is 1.36. The number of nitrogens with one attached hydrogen (secondary N) is 1. The highest BCUT2D eigenvalue weighted by atomic mass is 32.2. The van der Waals surface area contributed by atoms with E-state index >= 15 is 0 Å². The summed E-state index contributed by atoms with van der Waals surface area (Å²) >= 11 is 2.03. The molecule has 0 unspecified atom stereocenters. The van der Waals surface area contributed by atoms with Crippen molar-refractivity contribution >= 4 is 11.8 Å². The summed E-state index contributed by atoms with van der Waals surface area (Å²) in [6.07, 6.45) is 0. The van der Waals surface area contributed by atoms with Gasteiger partial charge >= 0.3 is 0 Å². The molecule has 1 saturated heterocycles. The van der Waals surface area contributed by atoms with E-state index in [1.54, 1.807) is 0 Å². The highest BCUT2D eigenvalue weighted by molar-refractivity contribution is 7.99. The van der Waals surface area contributed by atoms with E-state index < -0.39 is 0 Å². The van der Waals surface area contributed by atoms with Crippen LogP contribution in [-0.2, 0) is 0 Å². The van der Waals surface area contributed by atoms with Crippen molar-refractivity contribution in [2.75, 3.05) is 24.6 Å². The summed E-state index contributed by atoms with van der Waals surface area (Å²) in [5, 5.41) is 3.26. The van der Waals surface area contributed by atoms with Gasteiger partial charge in [-0.3, -0.25) is 14.1 Å². The molecule has 0 aromatic carbocycles. The summed E-state index contributed by atoms with van der Waals surface area (Å²) < 4.78 is 0. The molecule has 0 spiro atoms. The van der Waals surface area contributed by atoms with Gasteiger partial charge in [0.1, 0.15) is 0 Å². The summed E-state index contributed by atoms with van der Waals surface area (Å²) in [5.41, 5.74) is 0. The average molecular weight is 163 g/mol. The maximum atomic E-state index is 3.26. The van der Waals surface area contributed by atoms with Crippen molar-refractivity contribution in [2.45, 2.75) is 0 Å². The Morgan fingerprint density at radius 2 is 1.33 bits per heavy atom. The van der Waals surface area contributed by atoms with Crippen LogP contribution in [0.4, 0.5) is 14.1 Å². The topological polar surface area (TPSA) is 12.0 Å². The Kier molecular flexibility index (Phi) is 19.6. The van der Waals surface area contributed by atoms with Crippen molar-refractivity contribution in [3.05, 3.63) is 0 Å². The van der Waals surface area contributed by atoms with Crippen LogP contribution >= 0.6 is 11.8 Å². The predicted molar refractivity (Wildman–Crippen MR) is 37.7 cm³/mol. The zero-order chi connectivity index (χ0) is 4.24. The van der Waals surface area contributed by atoms with Crippen molar-refractivity contribution in [3.63, 3.8) is 0 Å². The minimum atomic E-state index is 0. The zero-order valence-corrected chi connectivity index (χ0v) is 5.78. The lowest BCUT2D eigenvalue weighted by atomic mass is 10.6. The number of hydrogen-bond donors (Lipinski definition) is 1. The Balaban J connectivity index is -0.000000120. The van der Waals surface area contributed by atoms with Crippen LogP contribution in [-0.4, -0.2) is 24.6 Å². The highest BCUT2D eigenvalue weighted by Gasteiger charge is 1.93. The average Bonchev–Trinajstić information content (AvgIpc) is 1.72. The first-order valence-corrected chi connectivity index (χ1v) is 3.44. The molecule has 9 heavy (non-hydrogen) atoms. The van der Waals surface area contributed by atoms with E-state index in [1.807, 2.05) is 11.8 Å². The zero-order valence-electron chi connectivity index (χ0n) is 4.96. The van der Waals surface area contributed by atoms with Gasteiger partial charge in [-0.2, -0.15) is 11.8 Å². The molecule has 0 bridgehead atoms. The minimum Gasteiger partial charge on any atom is -0.315 e. The Bertz CT molecular complexity index is 31.3. The van der Waals surface area contributed by atoms with Gasteiger partial charge < -0.3 is 5.32 Å². The molecule has 60 valence electrons. The lowest BCUT2D eigenvalue weighted by molar-refractivity contribution is 0.756. The second-order valence-corrected chi connectivity index (χ2v) is 2.59. The fourth-order valence-electron chi connectivity index (χ4n) is 0.516. The first-order valence-electron chi connectivity index (χ1n) is 2.28. The molecule has 5 heteroatoms. The second kappa shape index (κ2) is 11.0. The smallest absolute Gasteiger partial charge is 0.00585 e. The third kappa shape index (κ3) is 8.10. The van der Waals surface area contributed by atoms with Gasteiger partial charge in [-0.05, 0) is 0 Å². The van der Waals surface area contributed by atoms with Crippen LogP contribution in [0.3, 0.4) is 0 Å². The van der Waals surface area contributed by atoms with Gasteiger partial charge in [-0.1, -0.05) is 0 Å². The SMILES string of the molecule is C1CSCCN1.F.F.F. The molecule has 1 rings (SSSR count). The van der Waals surface area contributed by atoms with Gasteiger partial charge in [0.05, 0.1) is 0 Å². The van der Waals surface area contributed by atoms with Crippen LogP contribution in [0.25, 0.3) is 0 Å². The lowest BCUT2D eigenvalue weighted by Crippen LogP contribution is -2.24. The fourth-order valence-corrected chi connectivity index (χ4v) is 1.30. The molecule has 0 aromatic rings.